The summed E-state index contributed by atoms with van der Waals surface area (Å²) in [6, 6.07) is 0. The van der Waals surface area contributed by atoms with Crippen LogP contribution in [0, 0.1) is 0 Å². The van der Waals surface area contributed by atoms with Crippen molar-refractivity contribution in [2.75, 3.05) is 20.8 Å². The fourth-order valence-electron chi connectivity index (χ4n) is 1.09. The molecule has 4 atom stereocenters. The maximum atomic E-state index is 9.60. The van der Waals surface area contributed by atoms with Gasteiger partial charge in [0.25, 0.3) is 0 Å². The molecule has 1 aliphatic heterocycles. The molecule has 0 aliphatic carbocycles. The molecule has 1 fully saturated rings. The van der Waals surface area contributed by atoms with Gasteiger partial charge in [0.2, 0.25) is 0 Å². The molecule has 1 aliphatic rings. The normalized spacial score (nSPS) is 45.2. The maximum Gasteiger partial charge on any atom is 0.183 e. The van der Waals surface area contributed by atoms with E-state index >= 15 is 0 Å². The summed E-state index contributed by atoms with van der Waals surface area (Å²) in [7, 11) is -0.676. The number of hydrogen-bond donors (Lipinski definition) is 2. The molecule has 0 aromatic heterocycles. The monoisotopic (exact) mass is 180 g/mol. The minimum absolute atomic E-state index is 0.0130. The molecule has 0 bridgehead atoms. The smallest absolute Gasteiger partial charge is 0.183 e. The number of ether oxygens (including phenoxy) is 3. The zero-order chi connectivity index (χ0) is 10.6. The standard InChI is InChI=1S/C7H14O5/c1-10-4-3-12-7(9)6(11-2)5(4)8/h4-9H,3H2,1-2H3/t4-,5+,6-,7?/m1/s1/i1D,2D. The van der Waals surface area contributed by atoms with Crippen LogP contribution in [0.3, 0.4) is 0 Å². The van der Waals surface area contributed by atoms with Crippen LogP contribution < -0.4 is 0 Å². The average molecular weight is 180 g/mol. The van der Waals surface area contributed by atoms with E-state index in [1.807, 2.05) is 0 Å². The lowest BCUT2D eigenvalue weighted by molar-refractivity contribution is -0.262. The Morgan fingerprint density at radius 1 is 1.42 bits per heavy atom. The van der Waals surface area contributed by atoms with Gasteiger partial charge in [-0.1, -0.05) is 0 Å². The van der Waals surface area contributed by atoms with Gasteiger partial charge in [0.15, 0.2) is 6.29 Å². The molecule has 0 aromatic carbocycles. The quantitative estimate of drug-likeness (QED) is 0.554. The van der Waals surface area contributed by atoms with E-state index in [0.717, 1.165) is 0 Å². The van der Waals surface area contributed by atoms with Crippen molar-refractivity contribution >= 4 is 0 Å². The number of aliphatic hydroxyl groups is 2. The molecule has 0 amide bonds. The number of aliphatic hydroxyl groups excluding tert-OH is 2. The first-order valence-corrected chi connectivity index (χ1v) is 3.50. The van der Waals surface area contributed by atoms with Crippen LogP contribution in [0.5, 0.6) is 0 Å². The van der Waals surface area contributed by atoms with Crippen LogP contribution in [0.1, 0.15) is 2.74 Å². The Hall–Kier alpha value is -0.200. The fourth-order valence-corrected chi connectivity index (χ4v) is 1.09. The van der Waals surface area contributed by atoms with Gasteiger partial charge >= 0.3 is 0 Å². The van der Waals surface area contributed by atoms with Crippen molar-refractivity contribution < 1.29 is 27.2 Å². The molecule has 0 spiro atoms. The predicted octanol–water partition coefficient (Wildman–Crippen LogP) is -1.27. The molecule has 0 radical (unpaired) electrons. The lowest BCUT2D eigenvalue weighted by Crippen LogP contribution is -2.54. The van der Waals surface area contributed by atoms with Crippen molar-refractivity contribution in [3.63, 3.8) is 0 Å². The van der Waals surface area contributed by atoms with Crippen LogP contribution in [0.2, 0.25) is 0 Å². The lowest BCUT2D eigenvalue weighted by atomic mass is 10.1. The molecule has 72 valence electrons. The molecule has 1 rings (SSSR count). The van der Waals surface area contributed by atoms with Crippen LogP contribution in [0.4, 0.5) is 0 Å². The second-order valence-corrected chi connectivity index (χ2v) is 2.55. The Kier molecular flexibility index (Phi) is 2.50. The summed E-state index contributed by atoms with van der Waals surface area (Å²) >= 11 is 0. The maximum absolute atomic E-state index is 9.60. The average Bonchev–Trinajstić information content (AvgIpc) is 2.17. The Balaban J connectivity index is 2.52. The van der Waals surface area contributed by atoms with Crippen LogP contribution in [0.25, 0.3) is 0 Å². The summed E-state index contributed by atoms with van der Waals surface area (Å²) in [5.74, 6) is 0. The van der Waals surface area contributed by atoms with Crippen LogP contribution in [-0.4, -0.2) is 55.6 Å². The summed E-state index contributed by atoms with van der Waals surface area (Å²) in [5, 5.41) is 18.9. The topological polar surface area (TPSA) is 68.2 Å². The van der Waals surface area contributed by atoms with Crippen molar-refractivity contribution in [1.29, 1.82) is 0 Å². The summed E-state index contributed by atoms with van der Waals surface area (Å²) < 4.78 is 28.1. The molecule has 0 aromatic rings. The van der Waals surface area contributed by atoms with Crippen molar-refractivity contribution in [2.45, 2.75) is 24.6 Å². The van der Waals surface area contributed by atoms with Gasteiger partial charge < -0.3 is 24.4 Å². The van der Waals surface area contributed by atoms with E-state index in [2.05, 4.69) is 0 Å². The van der Waals surface area contributed by atoms with Gasteiger partial charge in [0, 0.05) is 14.2 Å². The van der Waals surface area contributed by atoms with Crippen molar-refractivity contribution in [1.82, 2.24) is 0 Å². The van der Waals surface area contributed by atoms with E-state index < -0.39 is 24.6 Å². The van der Waals surface area contributed by atoms with E-state index in [1.54, 1.807) is 0 Å². The number of rotatable bonds is 2. The Morgan fingerprint density at radius 2 is 2.17 bits per heavy atom. The van der Waals surface area contributed by atoms with Crippen molar-refractivity contribution in [3.05, 3.63) is 0 Å². The van der Waals surface area contributed by atoms with Crippen molar-refractivity contribution in [2.24, 2.45) is 0 Å². The molecule has 5 nitrogen and oxygen atoms in total. The van der Waals surface area contributed by atoms with Gasteiger partial charge in [-0.05, 0) is 0 Å². The van der Waals surface area contributed by atoms with E-state index in [1.165, 1.54) is 0 Å². The van der Waals surface area contributed by atoms with Gasteiger partial charge in [-0.2, -0.15) is 0 Å². The first-order chi connectivity index (χ1) is 6.70. The first kappa shape index (κ1) is 7.23. The van der Waals surface area contributed by atoms with Gasteiger partial charge in [0.05, 0.1) is 9.35 Å². The Labute approximate surface area is 73.7 Å². The van der Waals surface area contributed by atoms with Gasteiger partial charge in [-0.3, -0.25) is 0 Å². The Bertz CT molecular complexity index is 170. The molecule has 2 N–H and O–H groups in total. The highest BCUT2D eigenvalue weighted by Crippen LogP contribution is 2.17. The fraction of sp³-hybridized carbons (Fsp3) is 1.00. The molecular weight excluding hydrogens is 164 g/mol. The SMILES string of the molecule is [2H]CO[C@@H]1COC(O)[C@H](OC[2H])[C@H]1O. The highest BCUT2D eigenvalue weighted by molar-refractivity contribution is 4.83. The zero-order valence-electron chi connectivity index (χ0n) is 8.55. The summed E-state index contributed by atoms with van der Waals surface area (Å²) in [6.45, 7) is 0.0130. The van der Waals surface area contributed by atoms with Gasteiger partial charge in [-0.25, -0.2) is 0 Å². The first-order valence-electron chi connectivity index (χ1n) is 4.91. The summed E-state index contributed by atoms with van der Waals surface area (Å²) in [6.07, 6.45) is -4.00. The zero-order valence-corrected chi connectivity index (χ0v) is 6.55. The third kappa shape index (κ3) is 1.75. The number of methoxy groups -OCH3 is 2. The predicted molar refractivity (Wildman–Crippen MR) is 39.6 cm³/mol. The molecule has 12 heavy (non-hydrogen) atoms. The molecule has 1 saturated heterocycles. The van der Waals surface area contributed by atoms with E-state index in [4.69, 9.17) is 17.0 Å². The molecule has 1 unspecified atom stereocenters. The van der Waals surface area contributed by atoms with Crippen molar-refractivity contribution in [3.8, 4) is 0 Å². The third-order valence-corrected chi connectivity index (χ3v) is 1.84. The number of hydrogen-bond acceptors (Lipinski definition) is 5. The van der Waals surface area contributed by atoms with Gasteiger partial charge in [0.1, 0.15) is 18.3 Å². The van der Waals surface area contributed by atoms with E-state index in [0.29, 0.717) is 0 Å². The Morgan fingerprint density at radius 3 is 2.83 bits per heavy atom. The lowest BCUT2D eigenvalue weighted by Gasteiger charge is -2.36. The largest absolute Gasteiger partial charge is 0.387 e. The highest BCUT2D eigenvalue weighted by atomic mass is 16.7. The second-order valence-electron chi connectivity index (χ2n) is 2.55. The molecule has 1 heterocycles. The summed E-state index contributed by atoms with van der Waals surface area (Å²) in [5.41, 5.74) is 0. The van der Waals surface area contributed by atoms with Crippen LogP contribution in [0.15, 0.2) is 0 Å². The highest BCUT2D eigenvalue weighted by Gasteiger charge is 2.38. The molecular formula is C7H14O5. The van der Waals surface area contributed by atoms with Crippen LogP contribution >= 0.6 is 0 Å². The van der Waals surface area contributed by atoms with E-state index in [-0.39, 0.29) is 20.8 Å². The minimum Gasteiger partial charge on any atom is -0.387 e. The van der Waals surface area contributed by atoms with E-state index in [9.17, 15) is 10.2 Å². The third-order valence-electron chi connectivity index (χ3n) is 1.84. The summed E-state index contributed by atoms with van der Waals surface area (Å²) in [4.78, 5) is 0. The molecule has 0 saturated carbocycles. The molecule has 5 heteroatoms. The second kappa shape index (κ2) is 4.15. The minimum atomic E-state index is -1.25. The van der Waals surface area contributed by atoms with Gasteiger partial charge in [-0.15, -0.1) is 0 Å². The van der Waals surface area contributed by atoms with Crippen LogP contribution in [-0.2, 0) is 14.2 Å².